The topological polar surface area (TPSA) is 150 Å². The van der Waals surface area contributed by atoms with Crippen LogP contribution in [-0.4, -0.2) is 61.9 Å². The summed E-state index contributed by atoms with van der Waals surface area (Å²) in [7, 11) is 0. The van der Waals surface area contributed by atoms with Crippen molar-refractivity contribution in [2.24, 2.45) is 17.8 Å². The minimum Gasteiger partial charge on any atom is -0.458 e. The van der Waals surface area contributed by atoms with Gasteiger partial charge in [-0.25, -0.2) is 21.3 Å². The molecule has 1 saturated carbocycles. The second-order valence-corrected chi connectivity index (χ2v) is 14.8. The summed E-state index contributed by atoms with van der Waals surface area (Å²) < 4.78 is 9.63. The quantitative estimate of drug-likeness (QED) is 0.149. The van der Waals surface area contributed by atoms with Crippen molar-refractivity contribution >= 4 is 28.8 Å². The molecule has 13 heteroatoms. The van der Waals surface area contributed by atoms with Crippen LogP contribution in [0.25, 0.3) is 21.8 Å². The molecule has 1 amide bonds. The molecular weight excluding hydrogens is 681 g/mol. The summed E-state index contributed by atoms with van der Waals surface area (Å²) in [6, 6.07) is 17.7. The van der Waals surface area contributed by atoms with Crippen molar-refractivity contribution in [3.63, 3.8) is 0 Å². The first-order chi connectivity index (χ1) is 26.0. The van der Waals surface area contributed by atoms with E-state index in [0.29, 0.717) is 41.8 Å². The first-order valence-electron chi connectivity index (χ1n) is 18.3. The molecule has 2 aromatic heterocycles. The van der Waals surface area contributed by atoms with Gasteiger partial charge in [0.1, 0.15) is 23.3 Å². The molecule has 4 heterocycles. The van der Waals surface area contributed by atoms with E-state index >= 15 is 0 Å². The first-order valence-corrected chi connectivity index (χ1v) is 18.3. The number of amides is 1. The molecule has 3 unspecified atom stereocenters. The number of imidazole rings is 1. The zero-order valence-electron chi connectivity index (χ0n) is 31.2. The Labute approximate surface area is 314 Å². The van der Waals surface area contributed by atoms with Crippen molar-refractivity contribution in [3.05, 3.63) is 94.6 Å². The van der Waals surface area contributed by atoms with Crippen LogP contribution in [0.5, 0.6) is 0 Å². The van der Waals surface area contributed by atoms with Gasteiger partial charge in [0.15, 0.2) is 11.6 Å². The highest BCUT2D eigenvalue weighted by molar-refractivity contribution is 6.19. The molecule has 0 radical (unpaired) electrons. The second-order valence-electron chi connectivity index (χ2n) is 14.8. The van der Waals surface area contributed by atoms with Gasteiger partial charge in [0, 0.05) is 24.0 Å². The molecule has 1 fully saturated rings. The number of esters is 1. The third kappa shape index (κ3) is 5.79. The molecule has 0 bridgehead atoms. The Morgan fingerprint density at radius 1 is 1.09 bits per heavy atom. The lowest BCUT2D eigenvalue weighted by molar-refractivity contribution is -0.150. The van der Waals surface area contributed by atoms with Crippen LogP contribution in [0.4, 0.5) is 11.4 Å². The van der Waals surface area contributed by atoms with Crippen LogP contribution in [0.2, 0.25) is 0 Å². The fourth-order valence-electron chi connectivity index (χ4n) is 8.74. The van der Waals surface area contributed by atoms with Crippen LogP contribution in [0.3, 0.4) is 0 Å². The number of anilines is 2. The number of rotatable bonds is 9. The van der Waals surface area contributed by atoms with Gasteiger partial charge in [-0.05, 0) is 73.8 Å². The average Bonchev–Trinajstić information content (AvgIpc) is 3.85. The van der Waals surface area contributed by atoms with Crippen LogP contribution in [0, 0.1) is 60.8 Å². The number of carbonyl (C=O) groups is 2. The van der Waals surface area contributed by atoms with Gasteiger partial charge >= 0.3 is 5.97 Å². The normalized spacial score (nSPS) is 23.0. The van der Waals surface area contributed by atoms with Gasteiger partial charge in [-0.1, -0.05) is 45.0 Å². The second kappa shape index (κ2) is 14.3. The Balaban J connectivity index is 1.46. The summed E-state index contributed by atoms with van der Waals surface area (Å²) in [4.78, 5) is 45.8. The van der Waals surface area contributed by atoms with E-state index in [4.69, 9.17) is 21.4 Å². The standard InChI is InChI=1S/C41H42N10O3/c1-25-18-28(4)37(29(5)19-25)54-40(53)36-33(22-43)41(51-39(36)46-38(47-51)32-11-8-7-10-26(32)2)49-24-45-23-31(49)21-35(52)50(41)34-13-12-30(20-27(34)3)48(16-9-14-42)17-15-44-6/h7-8,10-13,20,23-25,28-29,37H,9,15-19,21H2,1-5H3. The minimum absolute atomic E-state index is 0.0231. The Bertz CT molecular complexity index is 2270. The smallest absolute Gasteiger partial charge is 0.343 e. The number of nitrogens with zero attached hydrogens (tertiary/aromatic N) is 10. The molecular formula is C41H42N10O3. The Morgan fingerprint density at radius 2 is 1.85 bits per heavy atom. The number of hydrogen-bond acceptors (Lipinski definition) is 9. The van der Waals surface area contributed by atoms with E-state index < -0.39 is 11.8 Å². The summed E-state index contributed by atoms with van der Waals surface area (Å²) in [6.07, 6.45) is 4.85. The lowest BCUT2D eigenvalue weighted by Gasteiger charge is -2.46. The Morgan fingerprint density at radius 3 is 2.54 bits per heavy atom. The van der Waals surface area contributed by atoms with Crippen molar-refractivity contribution in [2.75, 3.05) is 29.4 Å². The largest absolute Gasteiger partial charge is 0.458 e. The first kappa shape index (κ1) is 36.1. The lowest BCUT2D eigenvalue weighted by Crippen LogP contribution is -2.62. The zero-order chi connectivity index (χ0) is 38.3. The van der Waals surface area contributed by atoms with Crippen LogP contribution < -0.4 is 9.80 Å². The Kier molecular flexibility index (Phi) is 9.55. The van der Waals surface area contributed by atoms with E-state index in [9.17, 15) is 20.1 Å². The van der Waals surface area contributed by atoms with Gasteiger partial charge in [0.25, 0.3) is 5.79 Å². The van der Waals surface area contributed by atoms with E-state index in [-0.39, 0.29) is 60.2 Å². The molecule has 7 rings (SSSR count). The van der Waals surface area contributed by atoms with Gasteiger partial charge < -0.3 is 14.5 Å². The highest BCUT2D eigenvalue weighted by Gasteiger charge is 2.60. The lowest BCUT2D eigenvalue weighted by atomic mass is 9.75. The fraction of sp³-hybridized carbons (Fsp3) is 0.415. The maximum absolute atomic E-state index is 14.7. The summed E-state index contributed by atoms with van der Waals surface area (Å²) in [5.41, 5.74) is 4.06. The number of ether oxygens (including phenoxy) is 1. The molecule has 3 atom stereocenters. The SMILES string of the molecule is [C-]#[N+]CCN(CCC#N)c1ccc(N2C(=O)Cc3cncn3C23C(C#N)=C(C(=O)OC2C(C)CC(C)CC2C)c2nc(-c4ccccc4C)nn23)c(C)c1. The Hall–Kier alpha value is -6.26. The number of hydrogen-bond donors (Lipinski definition) is 0. The molecule has 3 aliphatic rings. The molecule has 0 saturated heterocycles. The third-order valence-electron chi connectivity index (χ3n) is 11.0. The van der Waals surface area contributed by atoms with E-state index in [2.05, 4.69) is 42.7 Å². The average molecular weight is 723 g/mol. The van der Waals surface area contributed by atoms with Crippen molar-refractivity contribution in [1.82, 2.24) is 24.3 Å². The van der Waals surface area contributed by atoms with Gasteiger partial charge in [-0.2, -0.15) is 15.2 Å². The number of nitriles is 2. The highest BCUT2D eigenvalue weighted by atomic mass is 16.5. The van der Waals surface area contributed by atoms with E-state index in [1.807, 2.05) is 55.1 Å². The van der Waals surface area contributed by atoms with Crippen molar-refractivity contribution < 1.29 is 14.3 Å². The van der Waals surface area contributed by atoms with Crippen molar-refractivity contribution in [1.29, 1.82) is 10.5 Å². The predicted molar refractivity (Wildman–Crippen MR) is 201 cm³/mol. The number of aromatic nitrogens is 5. The maximum atomic E-state index is 14.7. The summed E-state index contributed by atoms with van der Waals surface area (Å²) in [6.45, 7) is 18.7. The molecule has 274 valence electrons. The molecule has 1 aliphatic carbocycles. The van der Waals surface area contributed by atoms with Gasteiger partial charge in [-0.3, -0.25) is 14.3 Å². The number of fused-ring (bicyclic) bond motifs is 4. The van der Waals surface area contributed by atoms with Gasteiger partial charge in [0.05, 0.1) is 43.2 Å². The molecule has 1 spiro atoms. The van der Waals surface area contributed by atoms with E-state index in [1.165, 1.54) is 9.58 Å². The van der Waals surface area contributed by atoms with Crippen LogP contribution in [0.1, 0.15) is 62.7 Å². The summed E-state index contributed by atoms with van der Waals surface area (Å²) in [5, 5.41) is 25.6. The van der Waals surface area contributed by atoms with Crippen LogP contribution in [-0.2, 0) is 26.5 Å². The van der Waals surface area contributed by atoms with Gasteiger partial charge in [0.2, 0.25) is 12.5 Å². The third-order valence-corrected chi connectivity index (χ3v) is 11.0. The highest BCUT2D eigenvalue weighted by Crippen LogP contribution is 2.50. The zero-order valence-corrected chi connectivity index (χ0v) is 31.2. The van der Waals surface area contributed by atoms with Crippen molar-refractivity contribution in [2.45, 2.75) is 72.2 Å². The minimum atomic E-state index is -1.83. The number of carbonyl (C=O) groups excluding carboxylic acids is 2. The summed E-state index contributed by atoms with van der Waals surface area (Å²) in [5.74, 6) is -1.70. The molecule has 13 nitrogen and oxygen atoms in total. The monoisotopic (exact) mass is 722 g/mol. The van der Waals surface area contributed by atoms with E-state index in [1.54, 1.807) is 23.2 Å². The predicted octanol–water partition coefficient (Wildman–Crippen LogP) is 6.05. The molecule has 2 aliphatic heterocycles. The number of benzene rings is 2. The van der Waals surface area contributed by atoms with E-state index in [0.717, 1.165) is 29.7 Å². The molecule has 4 aromatic rings. The number of aryl methyl sites for hydroxylation is 2. The molecule has 2 aromatic carbocycles. The maximum Gasteiger partial charge on any atom is 0.343 e. The van der Waals surface area contributed by atoms with Crippen molar-refractivity contribution in [3.8, 4) is 23.5 Å². The molecule has 0 N–H and O–H groups in total. The summed E-state index contributed by atoms with van der Waals surface area (Å²) >= 11 is 0. The fourth-order valence-corrected chi connectivity index (χ4v) is 8.74. The molecule has 54 heavy (non-hydrogen) atoms. The van der Waals surface area contributed by atoms with Crippen LogP contribution in [0.15, 0.2) is 60.6 Å². The van der Waals surface area contributed by atoms with Gasteiger partial charge in [-0.15, -0.1) is 5.10 Å². The van der Waals surface area contributed by atoms with Crippen LogP contribution >= 0.6 is 0 Å².